The van der Waals surface area contributed by atoms with Crippen molar-refractivity contribution in [2.24, 2.45) is 4.99 Å². The Morgan fingerprint density at radius 3 is 2.61 bits per heavy atom. The zero-order chi connectivity index (χ0) is 20.3. The maximum Gasteiger partial charge on any atom is 0.259 e. The summed E-state index contributed by atoms with van der Waals surface area (Å²) in [5, 5.41) is 0.645. The highest BCUT2D eigenvalue weighted by atomic mass is 32.2. The quantitative estimate of drug-likeness (QED) is 0.763. The van der Waals surface area contributed by atoms with Crippen LogP contribution in [0.2, 0.25) is 0 Å². The second kappa shape index (κ2) is 8.46. The van der Waals surface area contributed by atoms with E-state index in [9.17, 15) is 13.2 Å². The summed E-state index contributed by atoms with van der Waals surface area (Å²) in [6, 6.07) is 13.9. The number of aliphatic imine (C=N–C) groups is 1. The number of carbonyl (C=O) groups excluding carboxylic acids is 1. The molecule has 0 aromatic heterocycles. The van der Waals surface area contributed by atoms with E-state index in [1.54, 1.807) is 28.8 Å². The molecule has 1 amide bonds. The molecule has 0 atom stereocenters. The van der Waals surface area contributed by atoms with E-state index >= 15 is 0 Å². The average Bonchev–Trinajstić information content (AvgIpc) is 2.69. The van der Waals surface area contributed by atoms with Crippen LogP contribution < -0.4 is 0 Å². The number of amidine groups is 1. The van der Waals surface area contributed by atoms with E-state index in [1.165, 1.54) is 26.2 Å². The third kappa shape index (κ3) is 4.29. The number of hydrogen-bond acceptors (Lipinski definition) is 5. The van der Waals surface area contributed by atoms with Crippen LogP contribution in [0.1, 0.15) is 22.3 Å². The Morgan fingerprint density at radius 2 is 1.89 bits per heavy atom. The average molecular weight is 418 g/mol. The van der Waals surface area contributed by atoms with Gasteiger partial charge in [0.25, 0.3) is 5.91 Å². The van der Waals surface area contributed by atoms with Crippen molar-refractivity contribution < 1.29 is 13.2 Å². The molecule has 148 valence electrons. The number of rotatable bonds is 4. The van der Waals surface area contributed by atoms with Gasteiger partial charge in [0.2, 0.25) is 10.0 Å². The lowest BCUT2D eigenvalue weighted by atomic mass is 10.2. The Balaban J connectivity index is 1.95. The monoisotopic (exact) mass is 417 g/mol. The van der Waals surface area contributed by atoms with Crippen LogP contribution in [0.4, 0.5) is 5.69 Å². The van der Waals surface area contributed by atoms with E-state index in [0.29, 0.717) is 17.3 Å². The van der Waals surface area contributed by atoms with Crippen LogP contribution in [-0.2, 0) is 10.0 Å². The Labute approximate surface area is 170 Å². The van der Waals surface area contributed by atoms with Crippen LogP contribution >= 0.6 is 11.8 Å². The van der Waals surface area contributed by atoms with Gasteiger partial charge in [-0.2, -0.15) is 0 Å². The molecule has 1 saturated heterocycles. The predicted octanol–water partition coefficient (Wildman–Crippen LogP) is 3.51. The van der Waals surface area contributed by atoms with Gasteiger partial charge in [0.05, 0.1) is 10.6 Å². The summed E-state index contributed by atoms with van der Waals surface area (Å²) in [5.74, 6) is 0.652. The molecule has 8 heteroatoms. The van der Waals surface area contributed by atoms with Gasteiger partial charge in [0, 0.05) is 32.0 Å². The summed E-state index contributed by atoms with van der Waals surface area (Å²) in [6.07, 6.45) is 0.860. The zero-order valence-corrected chi connectivity index (χ0v) is 17.8. The van der Waals surface area contributed by atoms with E-state index in [1.807, 2.05) is 31.2 Å². The molecule has 0 bridgehead atoms. The number of amides is 1. The van der Waals surface area contributed by atoms with Gasteiger partial charge in [-0.05, 0) is 43.2 Å². The molecule has 1 aliphatic heterocycles. The normalized spacial score (nSPS) is 16.6. The maximum atomic E-state index is 13.2. The minimum Gasteiger partial charge on any atom is -0.287 e. The van der Waals surface area contributed by atoms with Gasteiger partial charge in [0.1, 0.15) is 0 Å². The molecule has 2 aromatic carbocycles. The fraction of sp³-hybridized carbons (Fsp3) is 0.300. The van der Waals surface area contributed by atoms with Gasteiger partial charge in [0.15, 0.2) is 5.17 Å². The second-order valence-corrected chi connectivity index (χ2v) is 9.87. The summed E-state index contributed by atoms with van der Waals surface area (Å²) in [5.41, 5.74) is 2.20. The number of aryl methyl sites for hydroxylation is 1. The van der Waals surface area contributed by atoms with Crippen molar-refractivity contribution in [1.29, 1.82) is 0 Å². The standard InChI is InChI=1S/C20H23N3O3S2/c1-15-8-4-5-11-18(15)21-20-23(12-7-13-27-20)19(24)16-9-6-10-17(14-16)28(25,26)22(2)3/h4-6,8-11,14H,7,12-13H2,1-3H3. The van der Waals surface area contributed by atoms with Crippen molar-refractivity contribution in [1.82, 2.24) is 9.21 Å². The van der Waals surface area contributed by atoms with E-state index < -0.39 is 10.0 Å². The molecule has 1 fully saturated rings. The Bertz CT molecular complexity index is 1020. The van der Waals surface area contributed by atoms with Gasteiger partial charge in [-0.25, -0.2) is 17.7 Å². The molecule has 28 heavy (non-hydrogen) atoms. The largest absolute Gasteiger partial charge is 0.287 e. The molecule has 0 radical (unpaired) electrons. The van der Waals surface area contributed by atoms with E-state index in [4.69, 9.17) is 4.99 Å². The summed E-state index contributed by atoms with van der Waals surface area (Å²) in [7, 11) is -0.664. The molecule has 1 aliphatic rings. The van der Waals surface area contributed by atoms with E-state index in [-0.39, 0.29) is 10.8 Å². The minimum absolute atomic E-state index is 0.102. The molecular formula is C20H23N3O3S2. The molecule has 0 N–H and O–H groups in total. The van der Waals surface area contributed by atoms with E-state index in [2.05, 4.69) is 0 Å². The lowest BCUT2D eigenvalue weighted by Crippen LogP contribution is -2.39. The van der Waals surface area contributed by atoms with Crippen LogP contribution in [0.15, 0.2) is 58.4 Å². The zero-order valence-electron chi connectivity index (χ0n) is 16.1. The van der Waals surface area contributed by atoms with Crippen LogP contribution in [0.25, 0.3) is 0 Å². The van der Waals surface area contributed by atoms with Gasteiger partial charge >= 0.3 is 0 Å². The number of nitrogens with zero attached hydrogens (tertiary/aromatic N) is 3. The lowest BCUT2D eigenvalue weighted by Gasteiger charge is -2.28. The number of sulfonamides is 1. The number of hydrogen-bond donors (Lipinski definition) is 0. The summed E-state index contributed by atoms with van der Waals surface area (Å²) in [6.45, 7) is 2.54. The molecular weight excluding hydrogens is 394 g/mol. The highest BCUT2D eigenvalue weighted by Gasteiger charge is 2.26. The molecule has 2 aromatic rings. The number of carbonyl (C=O) groups is 1. The molecule has 0 saturated carbocycles. The first kappa shape index (κ1) is 20.6. The molecule has 0 unspecified atom stereocenters. The topological polar surface area (TPSA) is 70.0 Å². The Hall–Kier alpha value is -2.16. The highest BCUT2D eigenvalue weighted by molar-refractivity contribution is 8.13. The first-order valence-corrected chi connectivity index (χ1v) is 11.3. The fourth-order valence-corrected chi connectivity index (χ4v) is 4.69. The van der Waals surface area contributed by atoms with Crippen LogP contribution in [0, 0.1) is 6.92 Å². The van der Waals surface area contributed by atoms with Gasteiger partial charge in [-0.3, -0.25) is 9.69 Å². The Morgan fingerprint density at radius 1 is 1.14 bits per heavy atom. The maximum absolute atomic E-state index is 13.2. The Kier molecular flexibility index (Phi) is 6.22. The number of para-hydroxylation sites is 1. The van der Waals surface area contributed by atoms with Crippen molar-refractivity contribution in [3.8, 4) is 0 Å². The first-order chi connectivity index (χ1) is 13.3. The number of benzene rings is 2. The van der Waals surface area contributed by atoms with Crippen molar-refractivity contribution in [3.63, 3.8) is 0 Å². The first-order valence-electron chi connectivity index (χ1n) is 8.92. The van der Waals surface area contributed by atoms with Crippen molar-refractivity contribution in [2.45, 2.75) is 18.2 Å². The predicted molar refractivity (Wildman–Crippen MR) is 114 cm³/mol. The smallest absolute Gasteiger partial charge is 0.259 e. The van der Waals surface area contributed by atoms with Crippen molar-refractivity contribution in [2.75, 3.05) is 26.4 Å². The SMILES string of the molecule is Cc1ccccc1N=C1SCCCN1C(=O)c1cccc(S(=O)(=O)N(C)C)c1. The van der Waals surface area contributed by atoms with Crippen molar-refractivity contribution >= 4 is 38.5 Å². The fourth-order valence-electron chi connectivity index (χ4n) is 2.79. The van der Waals surface area contributed by atoms with Crippen LogP contribution in [0.5, 0.6) is 0 Å². The molecule has 0 spiro atoms. The molecule has 6 nitrogen and oxygen atoms in total. The summed E-state index contributed by atoms with van der Waals surface area (Å²) < 4.78 is 25.9. The number of thioether (sulfide) groups is 1. The molecule has 1 heterocycles. The van der Waals surface area contributed by atoms with Crippen LogP contribution in [0.3, 0.4) is 0 Å². The van der Waals surface area contributed by atoms with Gasteiger partial charge in [-0.1, -0.05) is 36.0 Å². The third-order valence-corrected chi connectivity index (χ3v) is 7.30. The van der Waals surface area contributed by atoms with Crippen LogP contribution in [-0.4, -0.2) is 55.1 Å². The van der Waals surface area contributed by atoms with E-state index in [0.717, 1.165) is 27.7 Å². The second-order valence-electron chi connectivity index (χ2n) is 6.65. The van der Waals surface area contributed by atoms with Crippen molar-refractivity contribution in [3.05, 3.63) is 59.7 Å². The highest BCUT2D eigenvalue weighted by Crippen LogP contribution is 2.26. The van der Waals surface area contributed by atoms with Gasteiger partial charge < -0.3 is 0 Å². The molecule has 3 rings (SSSR count). The molecule has 0 aliphatic carbocycles. The van der Waals surface area contributed by atoms with Gasteiger partial charge in [-0.15, -0.1) is 0 Å². The summed E-state index contributed by atoms with van der Waals surface area (Å²) >= 11 is 1.54. The minimum atomic E-state index is -3.60. The lowest BCUT2D eigenvalue weighted by molar-refractivity contribution is 0.0849. The third-order valence-electron chi connectivity index (χ3n) is 4.42. The summed E-state index contributed by atoms with van der Waals surface area (Å²) in [4.78, 5) is 19.6.